The van der Waals surface area contributed by atoms with Gasteiger partial charge >= 0.3 is 6.18 Å². The van der Waals surface area contributed by atoms with Crippen molar-refractivity contribution in [3.63, 3.8) is 0 Å². The zero-order valence-electron chi connectivity index (χ0n) is 19.1. The lowest BCUT2D eigenvalue weighted by molar-refractivity contribution is -0.137. The molecule has 2 atom stereocenters. The lowest BCUT2D eigenvalue weighted by Gasteiger charge is -2.20. The lowest BCUT2D eigenvalue weighted by atomic mass is 9.83. The first kappa shape index (κ1) is 22.4. The molecular weight excluding hydrogens is 470 g/mol. The fraction of sp³-hybridized carbons (Fsp3) is 0.179. The van der Waals surface area contributed by atoms with Crippen molar-refractivity contribution < 1.29 is 17.6 Å². The molecule has 2 aromatic heterocycles. The molecule has 2 aromatic carbocycles. The van der Waals surface area contributed by atoms with Crippen LogP contribution >= 0.6 is 0 Å². The van der Waals surface area contributed by atoms with Crippen molar-refractivity contribution in [1.82, 2.24) is 9.55 Å². The maximum atomic E-state index is 13.9. The summed E-state index contributed by atoms with van der Waals surface area (Å²) in [4.78, 5) is 22.0. The third kappa shape index (κ3) is 3.56. The second kappa shape index (κ2) is 7.98. The van der Waals surface area contributed by atoms with E-state index < -0.39 is 28.8 Å². The Hall–Kier alpha value is -4.07. The average molecular weight is 489 g/mol. The summed E-state index contributed by atoms with van der Waals surface area (Å²) in [6.07, 6.45) is 2.99. The molecule has 2 aliphatic rings. The molecule has 36 heavy (non-hydrogen) atoms. The molecule has 3 heterocycles. The van der Waals surface area contributed by atoms with Crippen molar-refractivity contribution in [2.24, 2.45) is 16.8 Å². The first-order valence-corrected chi connectivity index (χ1v) is 11.4. The number of hydrogen-bond donors (Lipinski definition) is 0. The molecule has 8 heteroatoms. The number of halogens is 4. The number of allylic oxidation sites excluding steroid dienone is 3. The fourth-order valence-corrected chi connectivity index (χ4v) is 5.13. The molecule has 4 aromatic rings. The molecule has 6 rings (SSSR count). The van der Waals surface area contributed by atoms with Crippen molar-refractivity contribution >= 4 is 33.1 Å². The molecule has 2 unspecified atom stereocenters. The molecule has 0 radical (unpaired) electrons. The summed E-state index contributed by atoms with van der Waals surface area (Å²) in [5.41, 5.74) is 1.38. The van der Waals surface area contributed by atoms with Gasteiger partial charge in [-0.15, -0.1) is 0 Å². The van der Waals surface area contributed by atoms with E-state index in [-0.39, 0.29) is 11.4 Å². The summed E-state index contributed by atoms with van der Waals surface area (Å²) in [6, 6.07) is 10.6. The second-order valence-electron chi connectivity index (χ2n) is 9.11. The van der Waals surface area contributed by atoms with E-state index in [1.807, 2.05) is 25.1 Å². The van der Waals surface area contributed by atoms with Crippen molar-refractivity contribution in [2.75, 3.05) is 6.54 Å². The molecule has 0 amide bonds. The van der Waals surface area contributed by atoms with E-state index in [0.717, 1.165) is 40.1 Å². The van der Waals surface area contributed by atoms with E-state index in [1.54, 1.807) is 6.07 Å². The number of hydrogen-bond acceptors (Lipinski definition) is 3. The smallest absolute Gasteiger partial charge is 0.293 e. The summed E-state index contributed by atoms with van der Waals surface area (Å²) in [5, 5.41) is 1.01. The number of nitrogens with zero attached hydrogens (tertiary/aromatic N) is 3. The number of pyridine rings is 2. The highest BCUT2D eigenvalue weighted by atomic mass is 19.4. The zero-order valence-corrected chi connectivity index (χ0v) is 19.1. The summed E-state index contributed by atoms with van der Waals surface area (Å²) < 4.78 is 56.5. The molecule has 180 valence electrons. The molecule has 0 N–H and O–H groups in total. The van der Waals surface area contributed by atoms with E-state index in [4.69, 9.17) is 0 Å². The maximum Gasteiger partial charge on any atom is 0.418 e. The number of benzene rings is 2. The molecule has 1 aliphatic heterocycles. The topological polar surface area (TPSA) is 47.2 Å². The molecule has 0 saturated carbocycles. The van der Waals surface area contributed by atoms with Crippen LogP contribution < -0.4 is 5.56 Å². The van der Waals surface area contributed by atoms with Gasteiger partial charge in [-0.2, -0.15) is 13.2 Å². The molecule has 0 saturated heterocycles. The first-order valence-electron chi connectivity index (χ1n) is 11.4. The number of fused-ring (bicyclic) bond motifs is 4. The van der Waals surface area contributed by atoms with Crippen LogP contribution in [0.3, 0.4) is 0 Å². The Morgan fingerprint density at radius 1 is 1.06 bits per heavy atom. The quantitative estimate of drug-likeness (QED) is 0.243. The van der Waals surface area contributed by atoms with Gasteiger partial charge in [0.05, 0.1) is 22.3 Å². The highest BCUT2D eigenvalue weighted by molar-refractivity contribution is 6.05. The Morgan fingerprint density at radius 3 is 2.69 bits per heavy atom. The van der Waals surface area contributed by atoms with Gasteiger partial charge in [0.2, 0.25) is 0 Å². The van der Waals surface area contributed by atoms with Crippen LogP contribution in [0.25, 0.3) is 33.1 Å². The summed E-state index contributed by atoms with van der Waals surface area (Å²) in [7, 11) is 0. The van der Waals surface area contributed by atoms with Crippen LogP contribution in [0.1, 0.15) is 18.1 Å². The van der Waals surface area contributed by atoms with Crippen LogP contribution in [0.4, 0.5) is 17.6 Å². The van der Waals surface area contributed by atoms with E-state index in [0.29, 0.717) is 28.3 Å². The number of aromatic nitrogens is 2. The van der Waals surface area contributed by atoms with Gasteiger partial charge in [0.25, 0.3) is 5.56 Å². The van der Waals surface area contributed by atoms with Gasteiger partial charge in [-0.1, -0.05) is 24.3 Å². The second-order valence-corrected chi connectivity index (χ2v) is 9.11. The van der Waals surface area contributed by atoms with Crippen LogP contribution in [0.15, 0.2) is 82.7 Å². The van der Waals surface area contributed by atoms with Gasteiger partial charge in [0.15, 0.2) is 0 Å². The lowest BCUT2D eigenvalue weighted by Crippen LogP contribution is -2.22. The van der Waals surface area contributed by atoms with Crippen LogP contribution in [0.2, 0.25) is 0 Å². The minimum atomic E-state index is -4.86. The van der Waals surface area contributed by atoms with Gasteiger partial charge in [0.1, 0.15) is 5.82 Å². The monoisotopic (exact) mass is 489 g/mol. The third-order valence-electron chi connectivity index (χ3n) is 6.93. The average Bonchev–Trinajstić information content (AvgIpc) is 3.23. The number of rotatable bonds is 2. The molecular formula is C28H19F4N3O. The third-order valence-corrected chi connectivity index (χ3v) is 6.93. The molecule has 4 nitrogen and oxygen atoms in total. The summed E-state index contributed by atoms with van der Waals surface area (Å²) >= 11 is 0. The van der Waals surface area contributed by atoms with Crippen LogP contribution in [0, 0.1) is 17.7 Å². The Bertz CT molecular complexity index is 1710. The first-order chi connectivity index (χ1) is 17.2. The normalized spacial score (nSPS) is 19.5. The maximum absolute atomic E-state index is 13.9. The highest BCUT2D eigenvalue weighted by Crippen LogP contribution is 2.37. The van der Waals surface area contributed by atoms with E-state index >= 15 is 0 Å². The molecule has 0 spiro atoms. The van der Waals surface area contributed by atoms with Gasteiger partial charge in [-0.05, 0) is 54.5 Å². The molecule has 0 fully saturated rings. The van der Waals surface area contributed by atoms with Crippen molar-refractivity contribution in [2.45, 2.75) is 13.1 Å². The van der Waals surface area contributed by atoms with Gasteiger partial charge in [0, 0.05) is 47.1 Å². The Labute approximate surface area is 202 Å². The Morgan fingerprint density at radius 2 is 1.89 bits per heavy atom. The van der Waals surface area contributed by atoms with Crippen molar-refractivity contribution in [3.8, 4) is 5.69 Å². The van der Waals surface area contributed by atoms with Crippen LogP contribution in [0.5, 0.6) is 0 Å². The van der Waals surface area contributed by atoms with Crippen molar-refractivity contribution in [3.05, 3.63) is 100 Å². The van der Waals surface area contributed by atoms with Crippen LogP contribution in [-0.4, -0.2) is 21.8 Å². The van der Waals surface area contributed by atoms with Gasteiger partial charge < -0.3 is 0 Å². The minimum Gasteiger partial charge on any atom is -0.293 e. The number of aliphatic imine (C=N–C) groups is 1. The van der Waals surface area contributed by atoms with Gasteiger partial charge in [-0.25, -0.2) is 4.39 Å². The SMILES string of the molecule is CC1=NCC2C=CC(c3ccc4ncc5ccc(=O)n(-c6ccc(F)cc6C(F)(F)F)c5c4c3)=CC12. The van der Waals surface area contributed by atoms with E-state index in [1.165, 1.54) is 18.3 Å². The highest BCUT2D eigenvalue weighted by Gasteiger charge is 2.35. The zero-order chi connectivity index (χ0) is 25.2. The van der Waals surface area contributed by atoms with E-state index in [9.17, 15) is 22.4 Å². The Kier molecular flexibility index (Phi) is 4.96. The predicted molar refractivity (Wildman–Crippen MR) is 132 cm³/mol. The summed E-state index contributed by atoms with van der Waals surface area (Å²) in [6.45, 7) is 2.77. The predicted octanol–water partition coefficient (Wildman–Crippen LogP) is 6.36. The summed E-state index contributed by atoms with van der Waals surface area (Å²) in [5.74, 6) is -0.493. The Balaban J connectivity index is 1.64. The largest absolute Gasteiger partial charge is 0.418 e. The fourth-order valence-electron chi connectivity index (χ4n) is 5.13. The number of alkyl halides is 3. The molecule has 0 bridgehead atoms. The van der Waals surface area contributed by atoms with Gasteiger partial charge in [-0.3, -0.25) is 19.3 Å². The molecule has 1 aliphatic carbocycles. The van der Waals surface area contributed by atoms with E-state index in [2.05, 4.69) is 22.1 Å². The standard InChI is InChI=1S/C28H19F4N3O/c1-15-21-10-16(2-3-18(21)13-33-15)17-4-7-24-22(11-17)27-19(14-34-24)5-9-26(36)35(27)25-8-6-20(29)12-23(25)28(30,31)32/h2-12,14,18,21H,13H2,1H3. The minimum absolute atomic E-state index is 0.207. The van der Waals surface area contributed by atoms with Crippen LogP contribution in [-0.2, 0) is 6.18 Å². The van der Waals surface area contributed by atoms with Crippen molar-refractivity contribution in [1.29, 1.82) is 0 Å².